The van der Waals surface area contributed by atoms with Crippen LogP contribution in [0.2, 0.25) is 0 Å². The Kier molecular flexibility index (Phi) is 6.47. The summed E-state index contributed by atoms with van der Waals surface area (Å²) in [7, 11) is 0. The van der Waals surface area contributed by atoms with E-state index in [1.165, 1.54) is 5.56 Å². The van der Waals surface area contributed by atoms with E-state index in [4.69, 9.17) is 4.74 Å². The van der Waals surface area contributed by atoms with Gasteiger partial charge in [0.15, 0.2) is 0 Å². The van der Waals surface area contributed by atoms with Gasteiger partial charge in [0.05, 0.1) is 12.6 Å². The van der Waals surface area contributed by atoms with Crippen molar-refractivity contribution < 1.29 is 14.3 Å². The number of nitrogens with zero attached hydrogens (tertiary/aromatic N) is 2. The van der Waals surface area contributed by atoms with E-state index in [9.17, 15) is 9.59 Å². The summed E-state index contributed by atoms with van der Waals surface area (Å²) in [6.45, 7) is 7.60. The van der Waals surface area contributed by atoms with Crippen LogP contribution in [0.3, 0.4) is 0 Å². The van der Waals surface area contributed by atoms with Crippen molar-refractivity contribution in [3.05, 3.63) is 52.2 Å². The van der Waals surface area contributed by atoms with Gasteiger partial charge in [-0.1, -0.05) is 13.8 Å². The lowest BCUT2D eigenvalue weighted by molar-refractivity contribution is 0.0935. The Labute approximate surface area is 163 Å². The molecule has 0 bridgehead atoms. The average Bonchev–Trinajstić information content (AvgIpc) is 3.37. The van der Waals surface area contributed by atoms with Crippen LogP contribution in [0.5, 0.6) is 0 Å². The molecule has 0 saturated carbocycles. The monoisotopic (exact) mass is 387 g/mol. The second-order valence-electron chi connectivity index (χ2n) is 6.32. The molecule has 1 aliphatic heterocycles. The summed E-state index contributed by atoms with van der Waals surface area (Å²) in [5.41, 5.74) is 2.55. The van der Waals surface area contributed by atoms with Crippen molar-refractivity contribution in [3.63, 3.8) is 0 Å². The predicted molar refractivity (Wildman–Crippen MR) is 107 cm³/mol. The maximum Gasteiger partial charge on any atom is 0.414 e. The molecule has 0 aliphatic carbocycles. The van der Waals surface area contributed by atoms with E-state index in [1.54, 1.807) is 40.5 Å². The Morgan fingerprint density at radius 2 is 2.00 bits per heavy atom. The van der Waals surface area contributed by atoms with E-state index >= 15 is 0 Å². The van der Waals surface area contributed by atoms with Crippen LogP contribution in [-0.2, 0) is 4.74 Å². The molecule has 1 N–H and O–H groups in total. The van der Waals surface area contributed by atoms with Crippen molar-refractivity contribution in [1.82, 2.24) is 10.2 Å². The van der Waals surface area contributed by atoms with Gasteiger partial charge in [-0.2, -0.15) is 11.3 Å². The van der Waals surface area contributed by atoms with Crippen LogP contribution in [0.4, 0.5) is 10.5 Å². The highest BCUT2D eigenvalue weighted by atomic mass is 32.1. The number of thiophene rings is 1. The van der Waals surface area contributed by atoms with Gasteiger partial charge in [0.25, 0.3) is 5.91 Å². The molecular formula is C20H25N3O3S. The Balaban J connectivity index is 1.64. The van der Waals surface area contributed by atoms with Crippen LogP contribution in [0, 0.1) is 0 Å². The third-order valence-corrected chi connectivity index (χ3v) is 5.54. The average molecular weight is 388 g/mol. The molecule has 1 atom stereocenters. The maximum absolute atomic E-state index is 12.6. The second kappa shape index (κ2) is 9.01. The molecule has 1 aliphatic rings. The van der Waals surface area contributed by atoms with Gasteiger partial charge in [-0.05, 0) is 59.7 Å². The molecule has 3 rings (SSSR count). The molecule has 2 heterocycles. The van der Waals surface area contributed by atoms with Crippen LogP contribution < -0.4 is 10.2 Å². The minimum atomic E-state index is -0.343. The van der Waals surface area contributed by atoms with Gasteiger partial charge in [0, 0.05) is 17.8 Å². The number of rotatable bonds is 8. The maximum atomic E-state index is 12.6. The lowest BCUT2D eigenvalue weighted by Crippen LogP contribution is -2.37. The molecular weight excluding hydrogens is 362 g/mol. The Morgan fingerprint density at radius 3 is 2.56 bits per heavy atom. The van der Waals surface area contributed by atoms with Gasteiger partial charge in [0.1, 0.15) is 6.61 Å². The fourth-order valence-corrected chi connectivity index (χ4v) is 4.01. The molecule has 1 aromatic heterocycles. The third kappa shape index (κ3) is 4.48. The van der Waals surface area contributed by atoms with E-state index in [1.807, 2.05) is 0 Å². The summed E-state index contributed by atoms with van der Waals surface area (Å²) in [5.74, 6) is -0.113. The first-order valence-corrected chi connectivity index (χ1v) is 10.2. The molecule has 0 radical (unpaired) electrons. The van der Waals surface area contributed by atoms with Crippen molar-refractivity contribution in [1.29, 1.82) is 0 Å². The number of carbonyl (C=O) groups excluding carboxylic acids is 2. The quantitative estimate of drug-likeness (QED) is 0.753. The second-order valence-corrected chi connectivity index (χ2v) is 7.10. The zero-order valence-electron chi connectivity index (χ0n) is 15.7. The minimum Gasteiger partial charge on any atom is -0.447 e. The fourth-order valence-electron chi connectivity index (χ4n) is 3.30. The Morgan fingerprint density at radius 1 is 1.26 bits per heavy atom. The van der Waals surface area contributed by atoms with Crippen LogP contribution in [0.1, 0.15) is 35.8 Å². The molecule has 7 heteroatoms. The summed E-state index contributed by atoms with van der Waals surface area (Å²) >= 11 is 1.67. The molecule has 144 valence electrons. The van der Waals surface area contributed by atoms with Gasteiger partial charge in [-0.3, -0.25) is 14.6 Å². The number of cyclic esters (lactones) is 1. The number of anilines is 1. The van der Waals surface area contributed by atoms with Crippen molar-refractivity contribution in [2.45, 2.75) is 19.9 Å². The summed E-state index contributed by atoms with van der Waals surface area (Å²) in [4.78, 5) is 28.1. The van der Waals surface area contributed by atoms with Crippen LogP contribution in [0.15, 0.2) is 41.1 Å². The van der Waals surface area contributed by atoms with Gasteiger partial charge >= 0.3 is 6.09 Å². The highest BCUT2D eigenvalue weighted by molar-refractivity contribution is 7.07. The van der Waals surface area contributed by atoms with Crippen LogP contribution in [-0.4, -0.2) is 49.7 Å². The van der Waals surface area contributed by atoms with Crippen molar-refractivity contribution in [2.24, 2.45) is 0 Å². The first-order chi connectivity index (χ1) is 13.1. The van der Waals surface area contributed by atoms with Gasteiger partial charge in [-0.15, -0.1) is 0 Å². The molecule has 27 heavy (non-hydrogen) atoms. The zero-order chi connectivity index (χ0) is 19.2. The molecule has 0 unspecified atom stereocenters. The predicted octanol–water partition coefficient (Wildman–Crippen LogP) is 3.52. The normalized spacial score (nSPS) is 15.1. The van der Waals surface area contributed by atoms with Gasteiger partial charge < -0.3 is 10.1 Å². The number of hydrogen-bond donors (Lipinski definition) is 1. The van der Waals surface area contributed by atoms with Crippen molar-refractivity contribution in [2.75, 3.05) is 37.7 Å². The van der Waals surface area contributed by atoms with E-state index in [-0.39, 0.29) is 18.0 Å². The number of likely N-dealkylation sites (N-methyl/N-ethyl adjacent to an activating group) is 1. The van der Waals surface area contributed by atoms with E-state index < -0.39 is 0 Å². The number of amides is 2. The lowest BCUT2D eigenvalue weighted by Gasteiger charge is -2.29. The minimum absolute atomic E-state index is 0.113. The largest absolute Gasteiger partial charge is 0.447 e. The highest BCUT2D eigenvalue weighted by Gasteiger charge is 2.24. The molecule has 1 saturated heterocycles. The summed E-state index contributed by atoms with van der Waals surface area (Å²) in [6, 6.07) is 9.32. The number of nitrogens with one attached hydrogen (secondary N) is 1. The van der Waals surface area contributed by atoms with E-state index in [2.05, 4.69) is 40.9 Å². The molecule has 2 amide bonds. The first kappa shape index (κ1) is 19.4. The van der Waals surface area contributed by atoms with E-state index in [0.717, 1.165) is 18.8 Å². The van der Waals surface area contributed by atoms with Crippen molar-refractivity contribution in [3.8, 4) is 0 Å². The molecule has 0 spiro atoms. The lowest BCUT2D eigenvalue weighted by atomic mass is 10.1. The van der Waals surface area contributed by atoms with Gasteiger partial charge in [0.2, 0.25) is 0 Å². The van der Waals surface area contributed by atoms with E-state index in [0.29, 0.717) is 25.3 Å². The number of benzene rings is 1. The summed E-state index contributed by atoms with van der Waals surface area (Å²) in [5, 5.41) is 7.26. The Hall–Kier alpha value is -2.38. The van der Waals surface area contributed by atoms with Crippen LogP contribution in [0.25, 0.3) is 0 Å². The molecule has 1 fully saturated rings. The molecule has 6 nitrogen and oxygen atoms in total. The first-order valence-electron chi connectivity index (χ1n) is 9.22. The topological polar surface area (TPSA) is 61.9 Å². The number of hydrogen-bond acceptors (Lipinski definition) is 5. The molecule has 1 aromatic carbocycles. The Bertz CT molecular complexity index is 757. The zero-order valence-corrected chi connectivity index (χ0v) is 16.5. The highest BCUT2D eigenvalue weighted by Crippen LogP contribution is 2.23. The smallest absolute Gasteiger partial charge is 0.414 e. The standard InChI is InChI=1S/C20H25N3O3S/c1-3-22(4-2)18(16-9-12-27-14-16)13-21-19(24)15-5-7-17(8-6-15)23-10-11-26-20(23)25/h5-9,12,14,18H,3-4,10-11,13H2,1-2H3,(H,21,24)/t18-/m0/s1. The van der Waals surface area contributed by atoms with Crippen molar-refractivity contribution >= 4 is 29.0 Å². The molecule has 2 aromatic rings. The number of carbonyl (C=O) groups is 2. The van der Waals surface area contributed by atoms with Crippen LogP contribution >= 0.6 is 11.3 Å². The SMILES string of the molecule is CCN(CC)[C@@H](CNC(=O)c1ccc(N2CCOC2=O)cc1)c1ccsc1. The summed E-state index contributed by atoms with van der Waals surface area (Å²) < 4.78 is 4.95. The fraction of sp³-hybridized carbons (Fsp3) is 0.400. The van der Waals surface area contributed by atoms with Gasteiger partial charge in [-0.25, -0.2) is 4.79 Å². The third-order valence-electron chi connectivity index (χ3n) is 4.84. The number of ether oxygens (including phenoxy) is 1. The summed E-state index contributed by atoms with van der Waals surface area (Å²) in [6.07, 6.45) is -0.343.